The van der Waals surface area contributed by atoms with Gasteiger partial charge >= 0.3 is 0 Å². The third kappa shape index (κ3) is 3.84. The molecular formula is C14H20BrNO. The summed E-state index contributed by atoms with van der Waals surface area (Å²) in [6, 6.07) is 5.92. The molecular weight excluding hydrogens is 278 g/mol. The van der Waals surface area contributed by atoms with Crippen LogP contribution in [0, 0.1) is 13.8 Å². The number of hydrogen-bond donors (Lipinski definition) is 1. The Balaban J connectivity index is 2.91. The lowest BCUT2D eigenvalue weighted by molar-refractivity contribution is 0.0910. The highest BCUT2D eigenvalue weighted by Gasteiger charge is 2.22. The summed E-state index contributed by atoms with van der Waals surface area (Å²) in [4.78, 5) is 12.3. The number of nitrogens with one attached hydrogen (secondary N) is 1. The topological polar surface area (TPSA) is 29.1 Å². The average molecular weight is 298 g/mol. The van der Waals surface area contributed by atoms with Crippen molar-refractivity contribution >= 4 is 21.8 Å². The van der Waals surface area contributed by atoms with Crippen LogP contribution >= 0.6 is 15.9 Å². The molecule has 1 aromatic rings. The van der Waals surface area contributed by atoms with E-state index in [1.807, 2.05) is 45.9 Å². The molecule has 0 heterocycles. The van der Waals surface area contributed by atoms with E-state index in [2.05, 4.69) is 21.2 Å². The number of halogens is 1. The monoisotopic (exact) mass is 297 g/mol. The first-order valence-corrected chi connectivity index (χ1v) is 6.94. The van der Waals surface area contributed by atoms with Crippen LogP contribution in [0.2, 0.25) is 0 Å². The van der Waals surface area contributed by atoms with Crippen molar-refractivity contribution < 1.29 is 4.79 Å². The first-order chi connectivity index (χ1) is 7.87. The zero-order valence-corrected chi connectivity index (χ0v) is 12.5. The van der Waals surface area contributed by atoms with Gasteiger partial charge in [0.1, 0.15) is 0 Å². The number of carbonyl (C=O) groups excluding carboxylic acids is 1. The minimum absolute atomic E-state index is 0.0200. The van der Waals surface area contributed by atoms with Gasteiger partial charge in [-0.15, -0.1) is 0 Å². The predicted octanol–water partition coefficient (Wildman–Crippen LogP) is 3.60. The zero-order chi connectivity index (χ0) is 13.1. The molecule has 0 fully saturated rings. The third-order valence-electron chi connectivity index (χ3n) is 2.88. The SMILES string of the molecule is Cc1cccc(C)c1C(=O)NC(C)(C)CCBr. The summed E-state index contributed by atoms with van der Waals surface area (Å²) in [6.45, 7) is 8.03. The Morgan fingerprint density at radius 1 is 1.29 bits per heavy atom. The Hall–Kier alpha value is -0.830. The lowest BCUT2D eigenvalue weighted by Crippen LogP contribution is -2.44. The summed E-state index contributed by atoms with van der Waals surface area (Å²) in [5.74, 6) is 0.0200. The standard InChI is InChI=1S/C14H20BrNO/c1-10-6-5-7-11(2)12(10)13(17)16-14(3,4)8-9-15/h5-7H,8-9H2,1-4H3,(H,16,17). The molecule has 0 aromatic heterocycles. The van der Waals surface area contributed by atoms with Gasteiger partial charge in [-0.2, -0.15) is 0 Å². The molecule has 3 heteroatoms. The first kappa shape index (κ1) is 14.2. The van der Waals surface area contributed by atoms with Crippen molar-refractivity contribution in [1.29, 1.82) is 0 Å². The summed E-state index contributed by atoms with van der Waals surface area (Å²) in [5, 5.41) is 3.97. The van der Waals surface area contributed by atoms with Crippen molar-refractivity contribution in [1.82, 2.24) is 5.32 Å². The molecule has 0 bridgehead atoms. The highest BCUT2D eigenvalue weighted by molar-refractivity contribution is 9.09. The predicted molar refractivity (Wildman–Crippen MR) is 75.9 cm³/mol. The summed E-state index contributed by atoms with van der Waals surface area (Å²) < 4.78 is 0. The minimum Gasteiger partial charge on any atom is -0.347 e. The van der Waals surface area contributed by atoms with E-state index in [1.54, 1.807) is 0 Å². The van der Waals surface area contributed by atoms with Gasteiger partial charge in [0, 0.05) is 16.4 Å². The van der Waals surface area contributed by atoms with E-state index in [9.17, 15) is 4.79 Å². The maximum atomic E-state index is 12.3. The highest BCUT2D eigenvalue weighted by atomic mass is 79.9. The normalized spacial score (nSPS) is 11.4. The molecule has 0 saturated carbocycles. The second kappa shape index (κ2) is 5.67. The molecule has 94 valence electrons. The number of aryl methyl sites for hydroxylation is 2. The van der Waals surface area contributed by atoms with Crippen LogP contribution < -0.4 is 5.32 Å². The number of amides is 1. The first-order valence-electron chi connectivity index (χ1n) is 5.82. The average Bonchev–Trinajstić information content (AvgIpc) is 2.15. The van der Waals surface area contributed by atoms with E-state index in [0.717, 1.165) is 28.4 Å². The lowest BCUT2D eigenvalue weighted by atomic mass is 9.98. The Kier molecular flexibility index (Phi) is 4.75. The van der Waals surface area contributed by atoms with Gasteiger partial charge in [0.2, 0.25) is 0 Å². The van der Waals surface area contributed by atoms with Gasteiger partial charge in [-0.25, -0.2) is 0 Å². The molecule has 1 aromatic carbocycles. The molecule has 2 nitrogen and oxygen atoms in total. The van der Waals surface area contributed by atoms with Crippen LogP contribution in [0.4, 0.5) is 0 Å². The Labute approximate surface area is 112 Å². The van der Waals surface area contributed by atoms with Crippen LogP contribution in [-0.4, -0.2) is 16.8 Å². The van der Waals surface area contributed by atoms with E-state index >= 15 is 0 Å². The van der Waals surface area contributed by atoms with Gasteiger partial charge < -0.3 is 5.32 Å². The molecule has 1 amide bonds. The third-order valence-corrected chi connectivity index (χ3v) is 3.28. The summed E-state index contributed by atoms with van der Waals surface area (Å²) in [7, 11) is 0. The second-order valence-corrected chi connectivity index (χ2v) is 5.84. The number of hydrogen-bond acceptors (Lipinski definition) is 1. The van der Waals surface area contributed by atoms with Crippen molar-refractivity contribution in [2.45, 2.75) is 39.7 Å². The second-order valence-electron chi connectivity index (χ2n) is 5.04. The molecule has 0 atom stereocenters. The minimum atomic E-state index is -0.185. The van der Waals surface area contributed by atoms with Crippen LogP contribution in [0.5, 0.6) is 0 Å². The molecule has 0 spiro atoms. The van der Waals surface area contributed by atoms with Crippen LogP contribution in [0.3, 0.4) is 0 Å². The number of rotatable bonds is 4. The Morgan fingerprint density at radius 2 is 1.82 bits per heavy atom. The van der Waals surface area contributed by atoms with Gasteiger partial charge in [0.25, 0.3) is 5.91 Å². The number of alkyl halides is 1. The molecule has 17 heavy (non-hydrogen) atoms. The molecule has 0 aliphatic heterocycles. The van der Waals surface area contributed by atoms with Gasteiger partial charge in [0.15, 0.2) is 0 Å². The fourth-order valence-corrected chi connectivity index (χ4v) is 2.83. The van der Waals surface area contributed by atoms with Crippen molar-refractivity contribution in [3.05, 3.63) is 34.9 Å². The van der Waals surface area contributed by atoms with Gasteiger partial charge in [0.05, 0.1) is 0 Å². The fourth-order valence-electron chi connectivity index (χ4n) is 1.84. The Morgan fingerprint density at radius 3 is 2.29 bits per heavy atom. The van der Waals surface area contributed by atoms with Gasteiger partial charge in [-0.05, 0) is 45.2 Å². The van der Waals surface area contributed by atoms with E-state index in [0.29, 0.717) is 0 Å². The number of benzene rings is 1. The van der Waals surface area contributed by atoms with Crippen LogP contribution in [0.25, 0.3) is 0 Å². The number of carbonyl (C=O) groups is 1. The Bertz CT molecular complexity index is 392. The lowest BCUT2D eigenvalue weighted by Gasteiger charge is -2.26. The molecule has 0 aliphatic carbocycles. The molecule has 1 rings (SSSR count). The van der Waals surface area contributed by atoms with E-state index in [1.165, 1.54) is 0 Å². The molecule has 1 N–H and O–H groups in total. The summed E-state index contributed by atoms with van der Waals surface area (Å²) in [6.07, 6.45) is 0.906. The summed E-state index contributed by atoms with van der Waals surface area (Å²) in [5.41, 5.74) is 2.67. The van der Waals surface area contributed by atoms with Gasteiger partial charge in [-0.3, -0.25) is 4.79 Å². The van der Waals surface area contributed by atoms with E-state index < -0.39 is 0 Å². The van der Waals surface area contributed by atoms with E-state index in [-0.39, 0.29) is 11.4 Å². The van der Waals surface area contributed by atoms with Crippen molar-refractivity contribution in [3.8, 4) is 0 Å². The smallest absolute Gasteiger partial charge is 0.252 e. The molecule has 0 unspecified atom stereocenters. The quantitative estimate of drug-likeness (QED) is 0.846. The van der Waals surface area contributed by atoms with Gasteiger partial charge in [-0.1, -0.05) is 34.1 Å². The van der Waals surface area contributed by atoms with Crippen molar-refractivity contribution in [3.63, 3.8) is 0 Å². The highest BCUT2D eigenvalue weighted by Crippen LogP contribution is 2.16. The van der Waals surface area contributed by atoms with Crippen LogP contribution in [0.1, 0.15) is 41.8 Å². The van der Waals surface area contributed by atoms with Crippen molar-refractivity contribution in [2.24, 2.45) is 0 Å². The summed E-state index contributed by atoms with van der Waals surface area (Å²) >= 11 is 3.41. The van der Waals surface area contributed by atoms with E-state index in [4.69, 9.17) is 0 Å². The fraction of sp³-hybridized carbons (Fsp3) is 0.500. The molecule has 0 saturated heterocycles. The maximum absolute atomic E-state index is 12.3. The van der Waals surface area contributed by atoms with Crippen LogP contribution in [0.15, 0.2) is 18.2 Å². The van der Waals surface area contributed by atoms with Crippen molar-refractivity contribution in [2.75, 3.05) is 5.33 Å². The molecule has 0 radical (unpaired) electrons. The largest absolute Gasteiger partial charge is 0.347 e. The maximum Gasteiger partial charge on any atom is 0.252 e. The molecule has 0 aliphatic rings. The van der Waals surface area contributed by atoms with Crippen LogP contribution in [-0.2, 0) is 0 Å². The zero-order valence-electron chi connectivity index (χ0n) is 10.9.